The highest BCUT2D eigenvalue weighted by Crippen LogP contribution is 2.31. The molecule has 0 saturated heterocycles. The van der Waals surface area contributed by atoms with E-state index in [1.54, 1.807) is 31.7 Å². The molecule has 0 fully saturated rings. The summed E-state index contributed by atoms with van der Waals surface area (Å²) in [6.45, 7) is 0.342. The third kappa shape index (κ3) is 8.42. The molecule has 4 atom stereocenters. The topological polar surface area (TPSA) is 187 Å². The molecule has 0 unspecified atom stereocenters. The second kappa shape index (κ2) is 14.3. The van der Waals surface area contributed by atoms with Crippen molar-refractivity contribution >= 4 is 5.97 Å². The lowest BCUT2D eigenvalue weighted by atomic mass is 10.0. The largest absolute Gasteiger partial charge is 0.493 e. The quantitative estimate of drug-likeness (QED) is 0.193. The number of ether oxygens (including phenoxy) is 2. The van der Waals surface area contributed by atoms with Crippen LogP contribution in [0.3, 0.4) is 0 Å². The molecule has 0 amide bonds. The number of nitrogens with zero attached hydrogens (tertiary/aromatic N) is 2. The highest BCUT2D eigenvalue weighted by atomic mass is 16.5. The summed E-state index contributed by atoms with van der Waals surface area (Å²) in [5, 5.41) is 56.6. The van der Waals surface area contributed by atoms with Crippen LogP contribution in [0.15, 0.2) is 36.9 Å². The molecule has 0 saturated carbocycles. The fourth-order valence-corrected chi connectivity index (χ4v) is 2.56. The zero-order valence-electron chi connectivity index (χ0n) is 17.9. The molecular weight excluding hydrogens is 426 g/mol. The van der Waals surface area contributed by atoms with E-state index in [-0.39, 0.29) is 17.9 Å². The van der Waals surface area contributed by atoms with Gasteiger partial charge >= 0.3 is 5.97 Å². The summed E-state index contributed by atoms with van der Waals surface area (Å²) in [6, 6.07) is 4.77. The molecule has 32 heavy (non-hydrogen) atoms. The zero-order valence-corrected chi connectivity index (χ0v) is 17.9. The number of aliphatic hydroxyl groups is 5. The van der Waals surface area contributed by atoms with Crippen molar-refractivity contribution in [1.29, 1.82) is 0 Å². The minimum absolute atomic E-state index is 0.0879. The van der Waals surface area contributed by atoms with Gasteiger partial charge in [-0.1, -0.05) is 6.07 Å². The van der Waals surface area contributed by atoms with Crippen LogP contribution in [0, 0.1) is 0 Å². The van der Waals surface area contributed by atoms with Gasteiger partial charge in [0.25, 0.3) is 0 Å². The summed E-state index contributed by atoms with van der Waals surface area (Å²) in [6.07, 6.45) is -0.496. The number of methoxy groups -OCH3 is 1. The summed E-state index contributed by atoms with van der Waals surface area (Å²) >= 11 is 0. The van der Waals surface area contributed by atoms with Crippen molar-refractivity contribution in [2.45, 2.75) is 31.0 Å². The maximum absolute atomic E-state index is 11.1. The van der Waals surface area contributed by atoms with E-state index in [0.717, 1.165) is 0 Å². The van der Waals surface area contributed by atoms with Gasteiger partial charge < -0.3 is 50.0 Å². The molecule has 1 heterocycles. The fourth-order valence-electron chi connectivity index (χ4n) is 2.56. The Morgan fingerprint density at radius 3 is 2.41 bits per heavy atom. The first kappa shape index (κ1) is 27.3. The average Bonchev–Trinajstić information content (AvgIpc) is 3.31. The second-order valence-corrected chi connectivity index (χ2v) is 6.65. The van der Waals surface area contributed by atoms with Crippen molar-refractivity contribution in [3.63, 3.8) is 0 Å². The number of carboxylic acid groups (broad SMARTS) is 1. The van der Waals surface area contributed by atoms with Gasteiger partial charge in [-0.05, 0) is 19.2 Å². The highest BCUT2D eigenvalue weighted by Gasteiger charge is 2.29. The number of para-hydroxylation sites is 1. The molecule has 1 aromatic carbocycles. The molecule has 1 aromatic heterocycles. The Morgan fingerprint density at radius 1 is 1.19 bits per heavy atom. The van der Waals surface area contributed by atoms with Crippen LogP contribution >= 0.6 is 0 Å². The van der Waals surface area contributed by atoms with Crippen LogP contribution in [0.5, 0.6) is 11.5 Å². The predicted molar refractivity (Wildman–Crippen MR) is 113 cm³/mol. The number of carboxylic acids is 1. The maximum Gasteiger partial charge on any atom is 0.339 e. The first-order valence-electron chi connectivity index (χ1n) is 9.73. The van der Waals surface area contributed by atoms with E-state index in [1.165, 1.54) is 13.2 Å². The first-order valence-corrected chi connectivity index (χ1v) is 9.73. The van der Waals surface area contributed by atoms with Gasteiger partial charge in [0.15, 0.2) is 11.5 Å². The Morgan fingerprint density at radius 2 is 1.88 bits per heavy atom. The normalized spacial score (nSPS) is 14.5. The molecule has 0 spiro atoms. The minimum atomic E-state index is -1.55. The number of aromatic nitrogens is 2. The van der Waals surface area contributed by atoms with Gasteiger partial charge in [0, 0.05) is 18.9 Å². The van der Waals surface area contributed by atoms with E-state index in [1.807, 2.05) is 10.8 Å². The molecule has 12 nitrogen and oxygen atoms in total. The summed E-state index contributed by atoms with van der Waals surface area (Å²) in [5.41, 5.74) is 0.0879. The van der Waals surface area contributed by atoms with E-state index in [9.17, 15) is 9.90 Å². The third-order valence-corrected chi connectivity index (χ3v) is 4.32. The number of aliphatic hydroxyl groups excluding tert-OH is 5. The van der Waals surface area contributed by atoms with Crippen LogP contribution in [0.1, 0.15) is 10.4 Å². The SMILES string of the molecule is CNC[C@H](O)[C@@H](O)[C@H](O)[C@H](O)CO.COc1cccc(C(=O)O)c1OCCn1ccnc1. The Labute approximate surface area is 185 Å². The molecule has 180 valence electrons. The van der Waals surface area contributed by atoms with Crippen molar-refractivity contribution in [3.05, 3.63) is 42.5 Å². The van der Waals surface area contributed by atoms with Gasteiger partial charge in [0.2, 0.25) is 0 Å². The number of nitrogens with one attached hydrogen (secondary N) is 1. The molecular formula is C20H31N3O9. The lowest BCUT2D eigenvalue weighted by Gasteiger charge is -2.25. The number of carbonyl (C=O) groups is 1. The van der Waals surface area contributed by atoms with Gasteiger partial charge in [0.05, 0.1) is 32.7 Å². The summed E-state index contributed by atoms with van der Waals surface area (Å²) in [5.74, 6) is -0.389. The molecule has 0 aliphatic heterocycles. The number of rotatable bonds is 12. The van der Waals surface area contributed by atoms with Gasteiger partial charge in [-0.3, -0.25) is 0 Å². The fraction of sp³-hybridized carbons (Fsp3) is 0.500. The van der Waals surface area contributed by atoms with Crippen molar-refractivity contribution in [3.8, 4) is 11.5 Å². The number of benzene rings is 1. The lowest BCUT2D eigenvalue weighted by Crippen LogP contribution is -2.48. The lowest BCUT2D eigenvalue weighted by molar-refractivity contribution is -0.113. The zero-order chi connectivity index (χ0) is 24.1. The van der Waals surface area contributed by atoms with Crippen molar-refractivity contribution < 1.29 is 44.9 Å². The van der Waals surface area contributed by atoms with Gasteiger partial charge in [-0.25, -0.2) is 9.78 Å². The molecule has 0 radical (unpaired) electrons. The number of hydrogen-bond donors (Lipinski definition) is 7. The minimum Gasteiger partial charge on any atom is -0.493 e. The van der Waals surface area contributed by atoms with E-state index in [2.05, 4.69) is 10.3 Å². The summed E-state index contributed by atoms with van der Waals surface area (Å²) < 4.78 is 12.5. The van der Waals surface area contributed by atoms with Crippen LogP contribution in [0.4, 0.5) is 0 Å². The van der Waals surface area contributed by atoms with E-state index >= 15 is 0 Å². The number of hydrogen-bond acceptors (Lipinski definition) is 10. The van der Waals surface area contributed by atoms with Crippen LogP contribution in [0.25, 0.3) is 0 Å². The van der Waals surface area contributed by atoms with Crippen LogP contribution < -0.4 is 14.8 Å². The van der Waals surface area contributed by atoms with Gasteiger partial charge in [-0.2, -0.15) is 0 Å². The van der Waals surface area contributed by atoms with Crippen molar-refractivity contribution in [2.75, 3.05) is 33.9 Å². The molecule has 0 bridgehead atoms. The van der Waals surface area contributed by atoms with E-state index in [0.29, 0.717) is 18.9 Å². The number of likely N-dealkylation sites (N-methyl/N-ethyl adjacent to an activating group) is 1. The monoisotopic (exact) mass is 457 g/mol. The van der Waals surface area contributed by atoms with Crippen LogP contribution in [-0.4, -0.2) is 104 Å². The summed E-state index contributed by atoms with van der Waals surface area (Å²) in [7, 11) is 3.05. The number of aromatic carboxylic acids is 1. The standard InChI is InChI=1S/C13H14N2O4.C7H17NO5/c1-18-11-4-2-3-10(13(16)17)12(11)19-8-7-15-6-5-14-9-15;1-8-2-4(10)6(12)7(13)5(11)3-9/h2-6,9H,7-8H2,1H3,(H,16,17);4-13H,2-3H2,1H3/t;4-,5+,6+,7+/m.0/s1. The Hall–Kier alpha value is -2.74. The highest BCUT2D eigenvalue weighted by molar-refractivity contribution is 5.92. The Kier molecular flexibility index (Phi) is 12.2. The smallest absolute Gasteiger partial charge is 0.339 e. The molecule has 2 rings (SSSR count). The van der Waals surface area contributed by atoms with Gasteiger partial charge in [0.1, 0.15) is 30.5 Å². The predicted octanol–water partition coefficient (Wildman–Crippen LogP) is -1.69. The van der Waals surface area contributed by atoms with Crippen LogP contribution in [0.2, 0.25) is 0 Å². The molecule has 7 N–H and O–H groups in total. The Balaban J connectivity index is 0.000000347. The van der Waals surface area contributed by atoms with Crippen molar-refractivity contribution in [1.82, 2.24) is 14.9 Å². The second-order valence-electron chi connectivity index (χ2n) is 6.65. The van der Waals surface area contributed by atoms with E-state index < -0.39 is 37.0 Å². The van der Waals surface area contributed by atoms with Crippen LogP contribution in [-0.2, 0) is 6.54 Å². The number of imidazole rings is 1. The van der Waals surface area contributed by atoms with Gasteiger partial charge in [-0.15, -0.1) is 0 Å². The maximum atomic E-state index is 11.1. The molecule has 2 aromatic rings. The molecule has 0 aliphatic carbocycles. The Bertz CT molecular complexity index is 789. The van der Waals surface area contributed by atoms with E-state index in [4.69, 9.17) is 35.0 Å². The molecule has 12 heteroatoms. The average molecular weight is 457 g/mol. The third-order valence-electron chi connectivity index (χ3n) is 4.32. The summed E-state index contributed by atoms with van der Waals surface area (Å²) in [4.78, 5) is 15.0. The van der Waals surface area contributed by atoms with Crippen molar-refractivity contribution in [2.24, 2.45) is 0 Å². The molecule has 0 aliphatic rings. The first-order chi connectivity index (χ1) is 15.3.